The summed E-state index contributed by atoms with van der Waals surface area (Å²) in [5.41, 5.74) is 5.59. The summed E-state index contributed by atoms with van der Waals surface area (Å²) >= 11 is 0. The van der Waals surface area contributed by atoms with Crippen LogP contribution < -0.4 is 4.74 Å². The second-order valence-electron chi connectivity index (χ2n) is 6.44. The van der Waals surface area contributed by atoms with Crippen LogP contribution in [-0.4, -0.2) is 0 Å². The largest absolute Gasteiger partial charge is 0.486 e. The van der Waals surface area contributed by atoms with Gasteiger partial charge in [-0.1, -0.05) is 49.2 Å². The van der Waals surface area contributed by atoms with E-state index in [2.05, 4.69) is 56.3 Å². The Hall–Kier alpha value is -1.76. The van der Waals surface area contributed by atoms with Crippen molar-refractivity contribution >= 4 is 0 Å². The van der Waals surface area contributed by atoms with E-state index in [1.54, 1.807) is 0 Å². The number of aryl methyl sites for hydroxylation is 3. The van der Waals surface area contributed by atoms with Crippen molar-refractivity contribution in [1.82, 2.24) is 0 Å². The number of fused-ring (bicyclic) bond motifs is 1. The first-order chi connectivity index (χ1) is 10.8. The van der Waals surface area contributed by atoms with Gasteiger partial charge < -0.3 is 4.74 Å². The van der Waals surface area contributed by atoms with Crippen molar-refractivity contribution in [2.24, 2.45) is 0 Å². The molecule has 0 spiro atoms. The highest BCUT2D eigenvalue weighted by atomic mass is 16.5. The standard InChI is InChI=1S/C21H26O/c1-3-6-21(18-11-9-16(2)10-12-18)22-20-14-13-17-7-4-5-8-19(17)15-20/h9-15,21H,3-8H2,1-2H3. The van der Waals surface area contributed by atoms with E-state index in [4.69, 9.17) is 4.74 Å². The maximum atomic E-state index is 6.35. The van der Waals surface area contributed by atoms with E-state index in [1.165, 1.54) is 47.9 Å². The number of benzene rings is 2. The van der Waals surface area contributed by atoms with Crippen molar-refractivity contribution in [2.45, 2.75) is 58.5 Å². The van der Waals surface area contributed by atoms with Gasteiger partial charge in [0, 0.05) is 0 Å². The normalized spacial score (nSPS) is 15.2. The molecule has 1 nitrogen and oxygen atoms in total. The van der Waals surface area contributed by atoms with Crippen LogP contribution in [0.15, 0.2) is 42.5 Å². The lowest BCUT2D eigenvalue weighted by atomic mass is 9.92. The summed E-state index contributed by atoms with van der Waals surface area (Å²) in [6.45, 7) is 4.35. The highest BCUT2D eigenvalue weighted by Crippen LogP contribution is 2.30. The summed E-state index contributed by atoms with van der Waals surface area (Å²) in [6.07, 6.45) is 7.42. The highest BCUT2D eigenvalue weighted by Gasteiger charge is 2.15. The maximum Gasteiger partial charge on any atom is 0.124 e. The lowest BCUT2D eigenvalue weighted by molar-refractivity contribution is 0.193. The van der Waals surface area contributed by atoms with E-state index in [0.717, 1.165) is 18.6 Å². The SMILES string of the molecule is CCCC(Oc1ccc2c(c1)CCCC2)c1ccc(C)cc1. The molecule has 1 unspecified atom stereocenters. The first-order valence-corrected chi connectivity index (χ1v) is 8.61. The second kappa shape index (κ2) is 7.00. The van der Waals surface area contributed by atoms with Gasteiger partial charge in [0.2, 0.25) is 0 Å². The third-order valence-electron chi connectivity index (χ3n) is 4.60. The topological polar surface area (TPSA) is 9.23 Å². The molecule has 0 aliphatic heterocycles. The number of rotatable bonds is 5. The molecule has 1 atom stereocenters. The summed E-state index contributed by atoms with van der Waals surface area (Å²) in [7, 11) is 0. The average Bonchev–Trinajstić information content (AvgIpc) is 2.55. The molecule has 0 radical (unpaired) electrons. The fraction of sp³-hybridized carbons (Fsp3) is 0.429. The molecule has 1 aliphatic rings. The van der Waals surface area contributed by atoms with Gasteiger partial charge in [-0.05, 0) is 67.9 Å². The minimum absolute atomic E-state index is 0.159. The molecular formula is C21H26O. The third kappa shape index (κ3) is 3.52. The molecule has 0 amide bonds. The van der Waals surface area contributed by atoms with E-state index >= 15 is 0 Å². The van der Waals surface area contributed by atoms with Crippen LogP contribution in [0.5, 0.6) is 5.75 Å². The predicted octanol–water partition coefficient (Wildman–Crippen LogP) is 5.79. The van der Waals surface area contributed by atoms with Gasteiger partial charge in [-0.2, -0.15) is 0 Å². The first kappa shape index (κ1) is 15.1. The van der Waals surface area contributed by atoms with Crippen molar-refractivity contribution in [1.29, 1.82) is 0 Å². The smallest absolute Gasteiger partial charge is 0.124 e. The predicted molar refractivity (Wildman–Crippen MR) is 92.5 cm³/mol. The molecule has 2 aromatic carbocycles. The van der Waals surface area contributed by atoms with Crippen LogP contribution in [0.4, 0.5) is 0 Å². The molecule has 3 rings (SSSR count). The lowest BCUT2D eigenvalue weighted by Gasteiger charge is -2.22. The molecule has 1 heteroatoms. The first-order valence-electron chi connectivity index (χ1n) is 8.61. The van der Waals surface area contributed by atoms with Gasteiger partial charge in [-0.25, -0.2) is 0 Å². The van der Waals surface area contributed by atoms with Crippen LogP contribution in [0.1, 0.15) is 61.0 Å². The number of hydrogen-bond acceptors (Lipinski definition) is 1. The van der Waals surface area contributed by atoms with Gasteiger partial charge in [-0.15, -0.1) is 0 Å². The molecule has 0 saturated carbocycles. The molecule has 0 bridgehead atoms. The van der Waals surface area contributed by atoms with Crippen LogP contribution in [0.25, 0.3) is 0 Å². The number of ether oxygens (including phenoxy) is 1. The summed E-state index contributed by atoms with van der Waals surface area (Å²) in [5, 5.41) is 0. The minimum Gasteiger partial charge on any atom is -0.486 e. The molecule has 1 aliphatic carbocycles. The van der Waals surface area contributed by atoms with Gasteiger partial charge in [0.05, 0.1) is 0 Å². The van der Waals surface area contributed by atoms with Crippen LogP contribution in [-0.2, 0) is 12.8 Å². The van der Waals surface area contributed by atoms with Crippen molar-refractivity contribution in [2.75, 3.05) is 0 Å². The zero-order valence-corrected chi connectivity index (χ0v) is 13.8. The molecule has 116 valence electrons. The fourth-order valence-corrected chi connectivity index (χ4v) is 3.28. The average molecular weight is 294 g/mol. The summed E-state index contributed by atoms with van der Waals surface area (Å²) in [6, 6.07) is 15.4. The van der Waals surface area contributed by atoms with Crippen LogP contribution in [0.2, 0.25) is 0 Å². The van der Waals surface area contributed by atoms with Gasteiger partial charge in [0.15, 0.2) is 0 Å². The van der Waals surface area contributed by atoms with E-state index in [9.17, 15) is 0 Å². The van der Waals surface area contributed by atoms with Gasteiger partial charge >= 0.3 is 0 Å². The lowest BCUT2D eigenvalue weighted by Crippen LogP contribution is -2.09. The van der Waals surface area contributed by atoms with Gasteiger partial charge in [0.25, 0.3) is 0 Å². The van der Waals surface area contributed by atoms with Gasteiger partial charge in [0.1, 0.15) is 11.9 Å². The number of hydrogen-bond donors (Lipinski definition) is 0. The Bertz CT molecular complexity index is 612. The molecule has 2 aromatic rings. The van der Waals surface area contributed by atoms with E-state index in [-0.39, 0.29) is 6.10 Å². The Labute approximate surface area is 134 Å². The minimum atomic E-state index is 0.159. The molecule has 0 fully saturated rings. The van der Waals surface area contributed by atoms with Crippen LogP contribution in [0.3, 0.4) is 0 Å². The molecule has 0 heterocycles. The summed E-state index contributed by atoms with van der Waals surface area (Å²) < 4.78 is 6.35. The Morgan fingerprint density at radius 3 is 2.41 bits per heavy atom. The van der Waals surface area contributed by atoms with Crippen molar-refractivity contribution in [3.63, 3.8) is 0 Å². The van der Waals surface area contributed by atoms with E-state index in [1.807, 2.05) is 0 Å². The molecule has 22 heavy (non-hydrogen) atoms. The van der Waals surface area contributed by atoms with Crippen molar-refractivity contribution in [3.05, 3.63) is 64.7 Å². The van der Waals surface area contributed by atoms with Gasteiger partial charge in [-0.3, -0.25) is 0 Å². The Morgan fingerprint density at radius 1 is 0.955 bits per heavy atom. The molecule has 0 saturated heterocycles. The molecule has 0 N–H and O–H groups in total. The Balaban J connectivity index is 1.80. The van der Waals surface area contributed by atoms with E-state index in [0.29, 0.717) is 0 Å². The summed E-state index contributed by atoms with van der Waals surface area (Å²) in [4.78, 5) is 0. The Morgan fingerprint density at radius 2 is 1.68 bits per heavy atom. The van der Waals surface area contributed by atoms with E-state index < -0.39 is 0 Å². The maximum absolute atomic E-state index is 6.35. The highest BCUT2D eigenvalue weighted by molar-refractivity contribution is 5.37. The van der Waals surface area contributed by atoms with Crippen molar-refractivity contribution in [3.8, 4) is 5.75 Å². The summed E-state index contributed by atoms with van der Waals surface area (Å²) in [5.74, 6) is 1.03. The zero-order chi connectivity index (χ0) is 15.4. The van der Waals surface area contributed by atoms with Crippen molar-refractivity contribution < 1.29 is 4.74 Å². The zero-order valence-electron chi connectivity index (χ0n) is 13.8. The third-order valence-corrected chi connectivity index (χ3v) is 4.60. The van der Waals surface area contributed by atoms with Crippen LogP contribution in [0, 0.1) is 6.92 Å². The monoisotopic (exact) mass is 294 g/mol. The molecule has 0 aromatic heterocycles. The Kier molecular flexibility index (Phi) is 4.82. The molecular weight excluding hydrogens is 268 g/mol. The quantitative estimate of drug-likeness (QED) is 0.677. The van der Waals surface area contributed by atoms with Crippen LogP contribution >= 0.6 is 0 Å². The second-order valence-corrected chi connectivity index (χ2v) is 6.44. The fourth-order valence-electron chi connectivity index (χ4n) is 3.28.